The van der Waals surface area contributed by atoms with Crippen LogP contribution < -0.4 is 0 Å². The molecule has 1 saturated heterocycles. The smallest absolute Gasteiger partial charge is 0.184 e. The molecule has 1 aliphatic heterocycles. The number of aliphatic hydroxyl groups is 4. The van der Waals surface area contributed by atoms with Gasteiger partial charge in [-0.3, -0.25) is 0 Å². The molecule has 0 radical (unpaired) electrons. The van der Waals surface area contributed by atoms with Gasteiger partial charge in [0.15, 0.2) is 6.29 Å². The molecule has 0 bridgehead atoms. The van der Waals surface area contributed by atoms with E-state index in [0.717, 1.165) is 0 Å². The van der Waals surface area contributed by atoms with Crippen LogP contribution in [0.25, 0.3) is 0 Å². The number of aliphatic hydroxyl groups excluding tert-OH is 4. The van der Waals surface area contributed by atoms with Crippen molar-refractivity contribution in [2.75, 3.05) is 6.67 Å². The van der Waals surface area contributed by atoms with Crippen LogP contribution >= 0.6 is 0 Å². The Bertz CT molecular complexity index is 150. The van der Waals surface area contributed by atoms with E-state index in [1.54, 1.807) is 0 Å². The van der Waals surface area contributed by atoms with Crippen LogP contribution in [-0.2, 0) is 4.74 Å². The van der Waals surface area contributed by atoms with Crippen molar-refractivity contribution in [1.29, 1.82) is 0 Å². The summed E-state index contributed by atoms with van der Waals surface area (Å²) in [6.07, 6.45) is -7.60. The molecule has 0 amide bonds. The Hall–Kier alpha value is -0.270. The van der Waals surface area contributed by atoms with Crippen molar-refractivity contribution in [3.63, 3.8) is 0 Å². The largest absolute Gasteiger partial charge is 0.387 e. The zero-order valence-corrected chi connectivity index (χ0v) is 6.17. The number of rotatable bonds is 1. The lowest BCUT2D eigenvalue weighted by molar-refractivity contribution is -0.283. The third-order valence-corrected chi connectivity index (χ3v) is 1.84. The van der Waals surface area contributed by atoms with Crippen LogP contribution in [0.4, 0.5) is 4.39 Å². The molecule has 0 saturated carbocycles. The predicted octanol–water partition coefficient (Wildman–Crippen LogP) is -2.24. The molecule has 1 fully saturated rings. The molecule has 1 unspecified atom stereocenters. The van der Waals surface area contributed by atoms with E-state index in [-0.39, 0.29) is 0 Å². The lowest BCUT2D eigenvalue weighted by Crippen LogP contribution is -2.58. The summed E-state index contributed by atoms with van der Waals surface area (Å²) in [5.74, 6) is 0. The maximum Gasteiger partial charge on any atom is 0.184 e. The van der Waals surface area contributed by atoms with Gasteiger partial charge in [0, 0.05) is 0 Å². The van der Waals surface area contributed by atoms with Gasteiger partial charge in [-0.25, -0.2) is 4.39 Å². The highest BCUT2D eigenvalue weighted by molar-refractivity contribution is 4.88. The molecule has 0 aromatic heterocycles. The normalized spacial score (nSPS) is 49.2. The van der Waals surface area contributed by atoms with E-state index >= 15 is 0 Å². The molecule has 12 heavy (non-hydrogen) atoms. The van der Waals surface area contributed by atoms with Gasteiger partial charge in [-0.15, -0.1) is 0 Å². The van der Waals surface area contributed by atoms with E-state index in [2.05, 4.69) is 4.74 Å². The number of halogens is 1. The molecule has 0 aliphatic carbocycles. The first kappa shape index (κ1) is 9.82. The van der Waals surface area contributed by atoms with Crippen LogP contribution in [0, 0.1) is 0 Å². The average molecular weight is 182 g/mol. The fourth-order valence-electron chi connectivity index (χ4n) is 1.06. The van der Waals surface area contributed by atoms with Gasteiger partial charge in [-0.2, -0.15) is 0 Å². The Kier molecular flexibility index (Phi) is 2.97. The van der Waals surface area contributed by atoms with Crippen molar-refractivity contribution < 1.29 is 29.6 Å². The fourth-order valence-corrected chi connectivity index (χ4v) is 1.06. The van der Waals surface area contributed by atoms with Crippen molar-refractivity contribution in [3.05, 3.63) is 0 Å². The van der Waals surface area contributed by atoms with Gasteiger partial charge in [-0.05, 0) is 0 Å². The first-order valence-electron chi connectivity index (χ1n) is 3.51. The van der Waals surface area contributed by atoms with E-state index in [1.807, 2.05) is 0 Å². The van der Waals surface area contributed by atoms with Gasteiger partial charge in [0.05, 0.1) is 0 Å². The minimum atomic E-state index is -1.65. The monoisotopic (exact) mass is 182 g/mol. The lowest BCUT2D eigenvalue weighted by Gasteiger charge is -2.37. The van der Waals surface area contributed by atoms with Crippen LogP contribution in [-0.4, -0.2) is 57.8 Å². The fraction of sp³-hybridized carbons (Fsp3) is 1.00. The highest BCUT2D eigenvalue weighted by Gasteiger charge is 2.42. The lowest BCUT2D eigenvalue weighted by atomic mass is 10.00. The second-order valence-electron chi connectivity index (χ2n) is 2.69. The number of alkyl halides is 1. The topological polar surface area (TPSA) is 90.2 Å². The molecule has 0 aromatic carbocycles. The summed E-state index contributed by atoms with van der Waals surface area (Å²) in [4.78, 5) is 0. The second-order valence-corrected chi connectivity index (χ2v) is 2.69. The van der Waals surface area contributed by atoms with Gasteiger partial charge in [-0.1, -0.05) is 0 Å². The summed E-state index contributed by atoms with van der Waals surface area (Å²) in [6.45, 7) is -1.03. The Morgan fingerprint density at radius 3 is 2.08 bits per heavy atom. The highest BCUT2D eigenvalue weighted by atomic mass is 19.1. The Labute approximate surface area is 68.0 Å². The van der Waals surface area contributed by atoms with Gasteiger partial charge < -0.3 is 25.2 Å². The summed E-state index contributed by atoms with van der Waals surface area (Å²) < 4.78 is 16.5. The van der Waals surface area contributed by atoms with E-state index in [0.29, 0.717) is 0 Å². The number of hydrogen-bond acceptors (Lipinski definition) is 5. The maximum absolute atomic E-state index is 12.0. The van der Waals surface area contributed by atoms with Gasteiger partial charge in [0.1, 0.15) is 31.1 Å². The zero-order valence-electron chi connectivity index (χ0n) is 6.17. The van der Waals surface area contributed by atoms with Crippen LogP contribution in [0.1, 0.15) is 0 Å². The van der Waals surface area contributed by atoms with Crippen LogP contribution in [0.5, 0.6) is 0 Å². The van der Waals surface area contributed by atoms with Crippen molar-refractivity contribution in [2.45, 2.75) is 30.7 Å². The highest BCUT2D eigenvalue weighted by Crippen LogP contribution is 2.19. The summed E-state index contributed by atoms with van der Waals surface area (Å²) >= 11 is 0. The first-order chi connectivity index (χ1) is 5.57. The minimum absolute atomic E-state index is 1.03. The summed E-state index contributed by atoms with van der Waals surface area (Å²) in [5, 5.41) is 35.8. The molecule has 72 valence electrons. The van der Waals surface area contributed by atoms with Crippen molar-refractivity contribution in [2.24, 2.45) is 0 Å². The molecular formula is C6H11FO5. The van der Waals surface area contributed by atoms with Crippen molar-refractivity contribution in [3.8, 4) is 0 Å². The maximum atomic E-state index is 12.0. The molecule has 1 heterocycles. The number of ether oxygens (including phenoxy) is 1. The van der Waals surface area contributed by atoms with E-state index < -0.39 is 37.4 Å². The third kappa shape index (κ3) is 1.57. The Morgan fingerprint density at radius 1 is 1.00 bits per heavy atom. The molecule has 4 N–H and O–H groups in total. The molecule has 6 heteroatoms. The molecular weight excluding hydrogens is 171 g/mol. The summed E-state index contributed by atoms with van der Waals surface area (Å²) in [6, 6.07) is 0. The molecule has 5 nitrogen and oxygen atoms in total. The molecule has 5 atom stereocenters. The standard InChI is InChI=1S/C6H11FO5/c7-1-2-3(8)4(9)5(10)6(11)12-2/h2-6,8-11H,1H2/t2-,3+,4+,5+,6?/m1/s1. The van der Waals surface area contributed by atoms with Gasteiger partial charge >= 0.3 is 0 Å². The summed E-state index contributed by atoms with van der Waals surface area (Å²) in [5.41, 5.74) is 0. The Balaban J connectivity index is 2.63. The van der Waals surface area contributed by atoms with E-state index in [9.17, 15) is 4.39 Å². The predicted molar refractivity (Wildman–Crippen MR) is 34.9 cm³/mol. The van der Waals surface area contributed by atoms with E-state index in [4.69, 9.17) is 20.4 Å². The molecule has 0 aromatic rings. The first-order valence-corrected chi connectivity index (χ1v) is 3.51. The minimum Gasteiger partial charge on any atom is -0.387 e. The molecule has 1 rings (SSSR count). The third-order valence-electron chi connectivity index (χ3n) is 1.84. The van der Waals surface area contributed by atoms with Crippen LogP contribution in [0.2, 0.25) is 0 Å². The SMILES string of the molecule is OC1O[C@H](CF)[C@H](O)[C@H](O)[C@@H]1O. The molecule has 1 aliphatic rings. The van der Waals surface area contributed by atoms with Crippen molar-refractivity contribution >= 4 is 0 Å². The number of hydrogen-bond donors (Lipinski definition) is 4. The average Bonchev–Trinajstić information content (AvgIpc) is 2.08. The second kappa shape index (κ2) is 3.63. The quantitative estimate of drug-likeness (QED) is 0.368. The van der Waals surface area contributed by atoms with Crippen LogP contribution in [0.3, 0.4) is 0 Å². The van der Waals surface area contributed by atoms with Crippen LogP contribution in [0.15, 0.2) is 0 Å². The summed E-state index contributed by atoms with van der Waals surface area (Å²) in [7, 11) is 0. The Morgan fingerprint density at radius 2 is 1.58 bits per heavy atom. The van der Waals surface area contributed by atoms with Gasteiger partial charge in [0.25, 0.3) is 0 Å². The molecule has 0 spiro atoms. The van der Waals surface area contributed by atoms with Crippen molar-refractivity contribution in [1.82, 2.24) is 0 Å². The van der Waals surface area contributed by atoms with Gasteiger partial charge in [0.2, 0.25) is 0 Å². The van der Waals surface area contributed by atoms with E-state index in [1.165, 1.54) is 0 Å². The zero-order chi connectivity index (χ0) is 9.30.